The van der Waals surface area contributed by atoms with Gasteiger partial charge in [0.05, 0.1) is 13.2 Å². The Morgan fingerprint density at radius 1 is 1.50 bits per heavy atom. The fraction of sp³-hybridized carbons (Fsp3) is 0.900. The monoisotopic (exact) mass is 199 g/mol. The summed E-state index contributed by atoms with van der Waals surface area (Å²) in [7, 11) is 0. The molecule has 1 amide bonds. The van der Waals surface area contributed by atoms with Crippen molar-refractivity contribution in [1.82, 2.24) is 15.1 Å². The molecule has 1 saturated heterocycles. The first-order valence-corrected chi connectivity index (χ1v) is 5.41. The molecule has 0 aromatic carbocycles. The molecule has 14 heavy (non-hydrogen) atoms. The van der Waals surface area contributed by atoms with Crippen molar-refractivity contribution >= 4 is 5.91 Å². The molecule has 0 aromatic rings. The molecule has 1 aliphatic rings. The van der Waals surface area contributed by atoms with Crippen molar-refractivity contribution in [3.63, 3.8) is 0 Å². The molecule has 1 aliphatic heterocycles. The minimum absolute atomic E-state index is 0.227. The molecule has 0 aromatic heterocycles. The lowest BCUT2D eigenvalue weighted by atomic mass is 10.2. The second-order valence-corrected chi connectivity index (χ2v) is 3.78. The molecule has 0 saturated carbocycles. The maximum atomic E-state index is 11.4. The molecule has 0 spiro atoms. The summed E-state index contributed by atoms with van der Waals surface area (Å²) in [5, 5.41) is 3.07. The molecule has 1 N–H and O–H groups in total. The first-order chi connectivity index (χ1) is 6.69. The predicted octanol–water partition coefficient (Wildman–Crippen LogP) is 0.106. The molecule has 1 fully saturated rings. The van der Waals surface area contributed by atoms with Gasteiger partial charge in [0.25, 0.3) is 0 Å². The van der Waals surface area contributed by atoms with Gasteiger partial charge in [-0.1, -0.05) is 13.8 Å². The van der Waals surface area contributed by atoms with Crippen LogP contribution in [0.2, 0.25) is 0 Å². The molecule has 0 radical (unpaired) electrons. The molecule has 0 aliphatic carbocycles. The van der Waals surface area contributed by atoms with Crippen molar-refractivity contribution < 1.29 is 4.79 Å². The highest BCUT2D eigenvalue weighted by Crippen LogP contribution is 2.04. The summed E-state index contributed by atoms with van der Waals surface area (Å²) in [5.74, 6) is 0.227. The zero-order valence-corrected chi connectivity index (χ0v) is 9.42. The Morgan fingerprint density at radius 3 is 2.57 bits per heavy atom. The number of hydrogen-bond donors (Lipinski definition) is 1. The number of nitrogens with zero attached hydrogens (tertiary/aromatic N) is 2. The van der Waals surface area contributed by atoms with Crippen LogP contribution in [0.4, 0.5) is 0 Å². The van der Waals surface area contributed by atoms with E-state index in [1.807, 2.05) is 4.90 Å². The Kier molecular flexibility index (Phi) is 4.35. The zero-order valence-electron chi connectivity index (χ0n) is 9.42. The number of carbonyl (C=O) groups excluding carboxylic acids is 1. The van der Waals surface area contributed by atoms with Crippen molar-refractivity contribution in [2.45, 2.75) is 26.8 Å². The van der Waals surface area contributed by atoms with Gasteiger partial charge in [0.15, 0.2) is 0 Å². The van der Waals surface area contributed by atoms with Crippen molar-refractivity contribution in [3.8, 4) is 0 Å². The summed E-state index contributed by atoms with van der Waals surface area (Å²) < 4.78 is 0. The van der Waals surface area contributed by atoms with Crippen LogP contribution in [0, 0.1) is 0 Å². The molecule has 1 rings (SSSR count). The average Bonchev–Trinajstić information content (AvgIpc) is 2.60. The topological polar surface area (TPSA) is 35.6 Å². The summed E-state index contributed by atoms with van der Waals surface area (Å²) in [6.07, 6.45) is 0. The van der Waals surface area contributed by atoms with E-state index < -0.39 is 0 Å². The van der Waals surface area contributed by atoms with Gasteiger partial charge in [0.1, 0.15) is 0 Å². The van der Waals surface area contributed by atoms with Crippen LogP contribution in [0.15, 0.2) is 0 Å². The predicted molar refractivity (Wildman–Crippen MR) is 57.0 cm³/mol. The summed E-state index contributed by atoms with van der Waals surface area (Å²) in [4.78, 5) is 15.7. The molecular weight excluding hydrogens is 178 g/mol. The summed E-state index contributed by atoms with van der Waals surface area (Å²) in [6.45, 7) is 10.7. The van der Waals surface area contributed by atoms with Gasteiger partial charge in [-0.15, -0.1) is 0 Å². The van der Waals surface area contributed by atoms with Crippen molar-refractivity contribution in [1.29, 1.82) is 0 Å². The highest BCUT2D eigenvalue weighted by Gasteiger charge is 2.25. The number of hydrogen-bond acceptors (Lipinski definition) is 3. The molecule has 1 heterocycles. The molecular formula is C10H21N3O. The summed E-state index contributed by atoms with van der Waals surface area (Å²) in [6, 6.07) is 0.317. The van der Waals surface area contributed by atoms with Crippen LogP contribution in [0.3, 0.4) is 0 Å². The second-order valence-electron chi connectivity index (χ2n) is 3.78. The number of amides is 1. The normalized spacial score (nSPS) is 19.4. The van der Waals surface area contributed by atoms with Crippen LogP contribution >= 0.6 is 0 Å². The zero-order chi connectivity index (χ0) is 10.6. The van der Waals surface area contributed by atoms with Gasteiger partial charge in [0.2, 0.25) is 5.91 Å². The molecule has 0 bridgehead atoms. The maximum absolute atomic E-state index is 11.4. The Labute approximate surface area is 86.2 Å². The molecule has 1 unspecified atom stereocenters. The lowest BCUT2D eigenvalue weighted by molar-refractivity contribution is -0.128. The van der Waals surface area contributed by atoms with Crippen molar-refractivity contribution in [2.75, 3.05) is 32.8 Å². The van der Waals surface area contributed by atoms with Crippen LogP contribution in [0.1, 0.15) is 20.8 Å². The number of nitrogens with one attached hydrogen (secondary N) is 1. The molecule has 1 atom stereocenters. The SMILES string of the molecule is CCN(CC)CC(C)N1CNCC1=O. The molecule has 4 nitrogen and oxygen atoms in total. The van der Waals surface area contributed by atoms with E-state index in [0.717, 1.165) is 19.6 Å². The van der Waals surface area contributed by atoms with Gasteiger partial charge in [0, 0.05) is 12.6 Å². The Morgan fingerprint density at radius 2 is 2.14 bits per heavy atom. The van der Waals surface area contributed by atoms with Gasteiger partial charge in [-0.05, 0) is 20.0 Å². The average molecular weight is 199 g/mol. The summed E-state index contributed by atoms with van der Waals surface area (Å²) in [5.41, 5.74) is 0. The van der Waals surface area contributed by atoms with Gasteiger partial charge in [-0.3, -0.25) is 10.1 Å². The van der Waals surface area contributed by atoms with E-state index in [0.29, 0.717) is 19.3 Å². The highest BCUT2D eigenvalue weighted by atomic mass is 16.2. The van der Waals surface area contributed by atoms with E-state index in [9.17, 15) is 4.79 Å². The maximum Gasteiger partial charge on any atom is 0.237 e. The standard InChI is InChI=1S/C10H21N3O/c1-4-12(5-2)7-9(3)13-8-11-6-10(13)14/h9,11H,4-8H2,1-3H3. The largest absolute Gasteiger partial charge is 0.325 e. The van der Waals surface area contributed by atoms with Crippen molar-refractivity contribution in [3.05, 3.63) is 0 Å². The van der Waals surface area contributed by atoms with Gasteiger partial charge < -0.3 is 9.80 Å². The van der Waals surface area contributed by atoms with E-state index in [1.54, 1.807) is 0 Å². The fourth-order valence-electron chi connectivity index (χ4n) is 1.83. The quantitative estimate of drug-likeness (QED) is 0.682. The van der Waals surface area contributed by atoms with Crippen LogP contribution in [0.5, 0.6) is 0 Å². The number of carbonyl (C=O) groups is 1. The van der Waals surface area contributed by atoms with E-state index in [-0.39, 0.29) is 5.91 Å². The minimum Gasteiger partial charge on any atom is -0.325 e. The third kappa shape index (κ3) is 2.69. The van der Waals surface area contributed by atoms with Crippen LogP contribution in [-0.4, -0.2) is 54.6 Å². The Hall–Kier alpha value is -0.610. The second kappa shape index (κ2) is 5.32. The van der Waals surface area contributed by atoms with Gasteiger partial charge >= 0.3 is 0 Å². The third-order valence-corrected chi connectivity index (χ3v) is 2.83. The smallest absolute Gasteiger partial charge is 0.237 e. The number of rotatable bonds is 5. The van der Waals surface area contributed by atoms with E-state index >= 15 is 0 Å². The lowest BCUT2D eigenvalue weighted by Crippen LogP contribution is -2.43. The first-order valence-electron chi connectivity index (χ1n) is 5.41. The van der Waals surface area contributed by atoms with E-state index in [4.69, 9.17) is 0 Å². The molecule has 4 heteroatoms. The van der Waals surface area contributed by atoms with Gasteiger partial charge in [-0.25, -0.2) is 0 Å². The van der Waals surface area contributed by atoms with Crippen molar-refractivity contribution in [2.24, 2.45) is 0 Å². The molecule has 82 valence electrons. The van der Waals surface area contributed by atoms with Gasteiger partial charge in [-0.2, -0.15) is 0 Å². The lowest BCUT2D eigenvalue weighted by Gasteiger charge is -2.29. The van der Waals surface area contributed by atoms with E-state index in [2.05, 4.69) is 31.0 Å². The minimum atomic E-state index is 0.227. The van der Waals surface area contributed by atoms with Crippen LogP contribution in [-0.2, 0) is 4.79 Å². The Balaban J connectivity index is 2.40. The fourth-order valence-corrected chi connectivity index (χ4v) is 1.83. The van der Waals surface area contributed by atoms with E-state index in [1.165, 1.54) is 0 Å². The Bertz CT molecular complexity index is 192. The van der Waals surface area contributed by atoms with Crippen LogP contribution < -0.4 is 5.32 Å². The first kappa shape index (κ1) is 11.5. The summed E-state index contributed by atoms with van der Waals surface area (Å²) >= 11 is 0. The number of likely N-dealkylation sites (N-methyl/N-ethyl adjacent to an activating group) is 1. The highest BCUT2D eigenvalue weighted by molar-refractivity contribution is 5.80. The van der Waals surface area contributed by atoms with Crippen LogP contribution in [0.25, 0.3) is 0 Å². The third-order valence-electron chi connectivity index (χ3n) is 2.83.